The van der Waals surface area contributed by atoms with Gasteiger partial charge in [0.05, 0.1) is 11.7 Å². The highest BCUT2D eigenvalue weighted by atomic mass is 19.1. The van der Waals surface area contributed by atoms with Crippen molar-refractivity contribution in [2.75, 3.05) is 24.1 Å². The Morgan fingerprint density at radius 1 is 1.50 bits per heavy atom. The lowest BCUT2D eigenvalue weighted by Gasteiger charge is -2.25. The third kappa shape index (κ3) is 3.28. The van der Waals surface area contributed by atoms with Crippen LogP contribution >= 0.6 is 0 Å². The van der Waals surface area contributed by atoms with Gasteiger partial charge < -0.3 is 11.1 Å². The number of rotatable bonds is 3. The lowest BCUT2D eigenvalue weighted by molar-refractivity contribution is -0.120. The van der Waals surface area contributed by atoms with Gasteiger partial charge in [-0.3, -0.25) is 9.69 Å². The van der Waals surface area contributed by atoms with Crippen LogP contribution in [-0.4, -0.2) is 29.9 Å². The molecule has 1 unspecified atom stereocenters. The first-order valence-electron chi connectivity index (χ1n) is 6.88. The molecule has 2 rings (SSSR count). The summed E-state index contributed by atoms with van der Waals surface area (Å²) in [5.74, 6) is -0.564. The molecule has 0 radical (unpaired) electrons. The highest BCUT2D eigenvalue weighted by molar-refractivity contribution is 5.94. The van der Waals surface area contributed by atoms with Crippen LogP contribution in [0.15, 0.2) is 18.2 Å². The maximum atomic E-state index is 13.1. The number of benzene rings is 1. The molecule has 1 saturated heterocycles. The first-order valence-corrected chi connectivity index (χ1v) is 6.88. The normalized spacial score (nSPS) is 19.8. The van der Waals surface area contributed by atoms with Crippen molar-refractivity contribution in [1.82, 2.24) is 4.90 Å². The molecule has 1 atom stereocenters. The zero-order chi connectivity index (χ0) is 14.9. The van der Waals surface area contributed by atoms with Gasteiger partial charge in [0, 0.05) is 12.2 Å². The number of nitrogens with two attached hydrogens (primary N) is 1. The summed E-state index contributed by atoms with van der Waals surface area (Å²) in [5, 5.41) is 2.79. The van der Waals surface area contributed by atoms with E-state index in [1.165, 1.54) is 18.2 Å². The van der Waals surface area contributed by atoms with Gasteiger partial charge in [0.25, 0.3) is 0 Å². The molecule has 1 aliphatic heterocycles. The van der Waals surface area contributed by atoms with Crippen LogP contribution in [0.2, 0.25) is 0 Å². The van der Waals surface area contributed by atoms with E-state index in [0.717, 1.165) is 19.5 Å². The van der Waals surface area contributed by atoms with Crippen molar-refractivity contribution in [1.29, 1.82) is 0 Å². The third-order valence-electron chi connectivity index (χ3n) is 3.90. The van der Waals surface area contributed by atoms with Crippen LogP contribution in [-0.2, 0) is 4.79 Å². The van der Waals surface area contributed by atoms with Crippen molar-refractivity contribution < 1.29 is 9.18 Å². The minimum atomic E-state index is -0.475. The number of amides is 1. The van der Waals surface area contributed by atoms with E-state index >= 15 is 0 Å². The Balaban J connectivity index is 1.99. The maximum absolute atomic E-state index is 13.1. The van der Waals surface area contributed by atoms with E-state index in [9.17, 15) is 9.18 Å². The summed E-state index contributed by atoms with van der Waals surface area (Å²) in [4.78, 5) is 14.4. The Bertz CT molecular complexity index is 516. The van der Waals surface area contributed by atoms with Gasteiger partial charge in [0.2, 0.25) is 5.91 Å². The predicted molar refractivity (Wildman–Crippen MR) is 78.9 cm³/mol. The number of nitrogens with zero attached hydrogens (tertiary/aromatic N) is 1. The summed E-state index contributed by atoms with van der Waals surface area (Å²) in [6.07, 6.45) is 1.09. The SMILES string of the molecule is CC(C(=O)Nc1ccc(F)c(N)c1)N1CCC(C)(C)C1. The van der Waals surface area contributed by atoms with Gasteiger partial charge in [-0.25, -0.2) is 4.39 Å². The minimum absolute atomic E-state index is 0.0396. The smallest absolute Gasteiger partial charge is 0.241 e. The monoisotopic (exact) mass is 279 g/mol. The van der Waals surface area contributed by atoms with Crippen molar-refractivity contribution >= 4 is 17.3 Å². The van der Waals surface area contributed by atoms with Gasteiger partial charge in [-0.05, 0) is 43.5 Å². The van der Waals surface area contributed by atoms with Gasteiger partial charge in [0.15, 0.2) is 0 Å². The van der Waals surface area contributed by atoms with E-state index in [1.807, 2.05) is 6.92 Å². The highest BCUT2D eigenvalue weighted by Gasteiger charge is 2.34. The molecule has 0 spiro atoms. The molecule has 1 aliphatic rings. The molecule has 20 heavy (non-hydrogen) atoms. The number of carbonyl (C=O) groups excluding carboxylic acids is 1. The van der Waals surface area contributed by atoms with Crippen molar-refractivity contribution in [3.63, 3.8) is 0 Å². The van der Waals surface area contributed by atoms with E-state index in [-0.39, 0.29) is 23.1 Å². The standard InChI is InChI=1S/C15H22FN3O/c1-10(19-7-6-15(2,3)9-19)14(20)18-11-4-5-12(16)13(17)8-11/h4-5,8,10H,6-7,9,17H2,1-3H3,(H,18,20). The average molecular weight is 279 g/mol. The Hall–Kier alpha value is -1.62. The van der Waals surface area contributed by atoms with Crippen molar-refractivity contribution in [2.45, 2.75) is 33.2 Å². The summed E-state index contributed by atoms with van der Waals surface area (Å²) >= 11 is 0. The van der Waals surface area contributed by atoms with Crippen molar-refractivity contribution in [2.24, 2.45) is 5.41 Å². The largest absolute Gasteiger partial charge is 0.396 e. The first kappa shape index (κ1) is 14.8. The zero-order valence-corrected chi connectivity index (χ0v) is 12.2. The van der Waals surface area contributed by atoms with E-state index in [0.29, 0.717) is 5.69 Å². The summed E-state index contributed by atoms with van der Waals surface area (Å²) in [5.41, 5.74) is 6.32. The van der Waals surface area contributed by atoms with E-state index in [2.05, 4.69) is 24.1 Å². The number of carbonyl (C=O) groups is 1. The molecule has 4 nitrogen and oxygen atoms in total. The van der Waals surface area contributed by atoms with Crippen LogP contribution in [0.25, 0.3) is 0 Å². The maximum Gasteiger partial charge on any atom is 0.241 e. The molecule has 3 N–H and O–H groups in total. The Kier molecular flexibility index (Phi) is 3.99. The minimum Gasteiger partial charge on any atom is -0.396 e. The second-order valence-corrected chi connectivity index (χ2v) is 6.29. The molecular formula is C15H22FN3O. The Morgan fingerprint density at radius 2 is 2.20 bits per heavy atom. The molecule has 1 aromatic rings. The molecular weight excluding hydrogens is 257 g/mol. The molecule has 0 bridgehead atoms. The molecule has 1 heterocycles. The topological polar surface area (TPSA) is 58.4 Å². The zero-order valence-electron chi connectivity index (χ0n) is 12.2. The van der Waals surface area contributed by atoms with Gasteiger partial charge in [-0.2, -0.15) is 0 Å². The van der Waals surface area contributed by atoms with Gasteiger partial charge in [-0.1, -0.05) is 13.8 Å². The molecule has 1 amide bonds. The van der Waals surface area contributed by atoms with Gasteiger partial charge in [-0.15, -0.1) is 0 Å². The molecule has 1 aromatic carbocycles. The number of halogens is 1. The average Bonchev–Trinajstić information content (AvgIpc) is 2.73. The molecule has 0 saturated carbocycles. The number of anilines is 2. The van der Waals surface area contributed by atoms with Crippen LogP contribution in [0.5, 0.6) is 0 Å². The summed E-state index contributed by atoms with van der Waals surface area (Å²) in [6, 6.07) is 4.01. The molecule has 0 aromatic heterocycles. The van der Waals surface area contributed by atoms with Crippen molar-refractivity contribution in [3.8, 4) is 0 Å². The fourth-order valence-electron chi connectivity index (χ4n) is 2.52. The van der Waals surface area contributed by atoms with Crippen LogP contribution in [0.1, 0.15) is 27.2 Å². The second-order valence-electron chi connectivity index (χ2n) is 6.29. The highest BCUT2D eigenvalue weighted by Crippen LogP contribution is 2.30. The number of likely N-dealkylation sites (tertiary alicyclic amines) is 1. The number of hydrogen-bond acceptors (Lipinski definition) is 3. The Labute approximate surface area is 119 Å². The lowest BCUT2D eigenvalue weighted by Crippen LogP contribution is -2.41. The fraction of sp³-hybridized carbons (Fsp3) is 0.533. The summed E-state index contributed by atoms with van der Waals surface area (Å²) in [7, 11) is 0. The summed E-state index contributed by atoms with van der Waals surface area (Å²) < 4.78 is 13.1. The lowest BCUT2D eigenvalue weighted by atomic mass is 9.93. The van der Waals surface area contributed by atoms with Gasteiger partial charge >= 0.3 is 0 Å². The molecule has 110 valence electrons. The second kappa shape index (κ2) is 5.40. The number of hydrogen-bond donors (Lipinski definition) is 2. The van der Waals surface area contributed by atoms with Crippen LogP contribution in [0, 0.1) is 11.2 Å². The third-order valence-corrected chi connectivity index (χ3v) is 3.90. The Morgan fingerprint density at radius 3 is 2.75 bits per heavy atom. The molecule has 0 aliphatic carbocycles. The molecule has 1 fully saturated rings. The van der Waals surface area contributed by atoms with Crippen molar-refractivity contribution in [3.05, 3.63) is 24.0 Å². The number of nitrogens with one attached hydrogen (secondary N) is 1. The number of nitrogen functional groups attached to an aromatic ring is 1. The van der Waals surface area contributed by atoms with Crippen LogP contribution in [0.3, 0.4) is 0 Å². The predicted octanol–water partition coefficient (Wildman–Crippen LogP) is 2.47. The van der Waals surface area contributed by atoms with E-state index < -0.39 is 5.82 Å². The molecule has 5 heteroatoms. The van der Waals surface area contributed by atoms with Gasteiger partial charge in [0.1, 0.15) is 5.82 Å². The summed E-state index contributed by atoms with van der Waals surface area (Å²) in [6.45, 7) is 8.14. The fourth-order valence-corrected chi connectivity index (χ4v) is 2.52. The van der Waals surface area contributed by atoms with Crippen LogP contribution in [0.4, 0.5) is 15.8 Å². The van der Waals surface area contributed by atoms with E-state index in [4.69, 9.17) is 5.73 Å². The quantitative estimate of drug-likeness (QED) is 0.836. The first-order chi connectivity index (χ1) is 9.28. The van der Waals surface area contributed by atoms with Crippen LogP contribution < -0.4 is 11.1 Å². The van der Waals surface area contributed by atoms with E-state index in [1.54, 1.807) is 0 Å².